The van der Waals surface area contributed by atoms with E-state index in [9.17, 15) is 5.21 Å². The molecule has 4 nitrogen and oxygen atoms in total. The minimum absolute atomic E-state index is 0.192. The zero-order chi connectivity index (χ0) is 15.6. The molecule has 1 aromatic carbocycles. The van der Waals surface area contributed by atoms with Gasteiger partial charge in [0.1, 0.15) is 6.10 Å². The molecule has 3 rings (SSSR count). The molecule has 2 aromatic rings. The van der Waals surface area contributed by atoms with Crippen LogP contribution in [0.15, 0.2) is 47.8 Å². The van der Waals surface area contributed by atoms with Crippen molar-refractivity contribution < 1.29 is 14.7 Å². The van der Waals surface area contributed by atoms with Crippen LogP contribution in [0.1, 0.15) is 30.3 Å². The van der Waals surface area contributed by atoms with Crippen molar-refractivity contribution in [3.63, 3.8) is 0 Å². The molecule has 118 valence electrons. The van der Waals surface area contributed by atoms with E-state index in [0.29, 0.717) is 13.2 Å². The fraction of sp³-hybridized carbons (Fsp3) is 0.412. The topological polar surface area (TPSA) is 41.9 Å². The van der Waals surface area contributed by atoms with Gasteiger partial charge in [-0.15, -0.1) is 11.3 Å². The summed E-state index contributed by atoms with van der Waals surface area (Å²) >= 11 is 1.62. The molecule has 0 unspecified atom stereocenters. The molecule has 0 bridgehead atoms. The lowest BCUT2D eigenvalue weighted by Crippen LogP contribution is -2.36. The predicted octanol–water partition coefficient (Wildman–Crippen LogP) is 3.83. The van der Waals surface area contributed by atoms with Crippen LogP contribution in [0.2, 0.25) is 0 Å². The second-order valence-electron chi connectivity index (χ2n) is 5.91. The van der Waals surface area contributed by atoms with Crippen LogP contribution in [0.4, 0.5) is 0 Å². The van der Waals surface area contributed by atoms with Gasteiger partial charge in [-0.05, 0) is 30.9 Å². The number of hydrogen-bond acceptors (Lipinski definition) is 5. The first-order valence-corrected chi connectivity index (χ1v) is 8.28. The maximum atomic E-state index is 10.7. The van der Waals surface area contributed by atoms with Gasteiger partial charge in [-0.2, -0.15) is 5.06 Å². The Hall–Kier alpha value is -1.24. The molecule has 0 saturated carbocycles. The zero-order valence-electron chi connectivity index (χ0n) is 12.8. The van der Waals surface area contributed by atoms with Crippen molar-refractivity contribution in [1.82, 2.24) is 5.06 Å². The summed E-state index contributed by atoms with van der Waals surface area (Å²) in [5.74, 6) is -0.603. The average Bonchev–Trinajstić information content (AvgIpc) is 3.11. The third-order valence-electron chi connectivity index (χ3n) is 3.73. The SMILES string of the molecule is CC1(C)OC[C@H]([C@@H](c2cccs2)N(O)Cc2ccccc2)O1. The van der Waals surface area contributed by atoms with Gasteiger partial charge in [-0.25, -0.2) is 0 Å². The summed E-state index contributed by atoms with van der Waals surface area (Å²) in [6, 6.07) is 13.7. The van der Waals surface area contributed by atoms with Crippen molar-refractivity contribution in [1.29, 1.82) is 0 Å². The van der Waals surface area contributed by atoms with Gasteiger partial charge in [0.2, 0.25) is 0 Å². The molecule has 0 spiro atoms. The van der Waals surface area contributed by atoms with Crippen molar-refractivity contribution >= 4 is 11.3 Å². The number of nitrogens with zero attached hydrogens (tertiary/aromatic N) is 1. The molecule has 1 aliphatic heterocycles. The van der Waals surface area contributed by atoms with E-state index in [1.807, 2.05) is 61.7 Å². The second-order valence-corrected chi connectivity index (χ2v) is 6.89. The summed E-state index contributed by atoms with van der Waals surface area (Å²) in [5.41, 5.74) is 1.06. The lowest BCUT2D eigenvalue weighted by molar-refractivity contribution is -0.190. The highest BCUT2D eigenvalue weighted by Crippen LogP contribution is 2.36. The molecule has 2 heterocycles. The molecule has 0 radical (unpaired) electrons. The highest BCUT2D eigenvalue weighted by molar-refractivity contribution is 7.10. The molecule has 5 heteroatoms. The highest BCUT2D eigenvalue weighted by atomic mass is 32.1. The number of benzene rings is 1. The predicted molar refractivity (Wildman–Crippen MR) is 85.7 cm³/mol. The Kier molecular flexibility index (Phi) is 4.61. The molecule has 1 saturated heterocycles. The normalized spacial score (nSPS) is 22.1. The molecule has 0 aliphatic carbocycles. The Morgan fingerprint density at radius 1 is 1.27 bits per heavy atom. The van der Waals surface area contributed by atoms with Gasteiger partial charge in [0.15, 0.2) is 5.79 Å². The van der Waals surface area contributed by atoms with Crippen LogP contribution >= 0.6 is 11.3 Å². The standard InChI is InChI=1S/C17H21NO3S/c1-17(2)20-12-14(21-17)16(15-9-6-10-22-15)18(19)11-13-7-4-3-5-8-13/h3-10,14,16,19H,11-12H2,1-2H3/t14-,16+/m1/s1. The number of thiophene rings is 1. The van der Waals surface area contributed by atoms with Crippen molar-refractivity contribution in [3.05, 3.63) is 58.3 Å². The number of hydroxylamine groups is 2. The van der Waals surface area contributed by atoms with Crippen LogP contribution in [0.25, 0.3) is 0 Å². The maximum absolute atomic E-state index is 10.7. The van der Waals surface area contributed by atoms with Gasteiger partial charge in [0.25, 0.3) is 0 Å². The first-order chi connectivity index (χ1) is 10.6. The number of hydrogen-bond donors (Lipinski definition) is 1. The molecule has 1 aromatic heterocycles. The van der Waals surface area contributed by atoms with Crippen LogP contribution in [-0.2, 0) is 16.0 Å². The third-order valence-corrected chi connectivity index (χ3v) is 4.67. The minimum Gasteiger partial charge on any atom is -0.348 e. The molecule has 1 N–H and O–H groups in total. The van der Waals surface area contributed by atoms with Crippen LogP contribution < -0.4 is 0 Å². The lowest BCUT2D eigenvalue weighted by Gasteiger charge is -2.30. The molecule has 1 aliphatic rings. The van der Waals surface area contributed by atoms with Crippen molar-refractivity contribution in [2.75, 3.05) is 6.61 Å². The summed E-state index contributed by atoms with van der Waals surface area (Å²) in [6.07, 6.45) is -0.192. The van der Waals surface area contributed by atoms with E-state index in [1.54, 1.807) is 11.3 Å². The third kappa shape index (κ3) is 3.56. The van der Waals surface area contributed by atoms with Gasteiger partial charge in [0.05, 0.1) is 12.6 Å². The van der Waals surface area contributed by atoms with E-state index in [-0.39, 0.29) is 12.1 Å². The molecule has 22 heavy (non-hydrogen) atoms. The van der Waals surface area contributed by atoms with Crippen LogP contribution in [0.5, 0.6) is 0 Å². The Morgan fingerprint density at radius 3 is 2.64 bits per heavy atom. The van der Waals surface area contributed by atoms with Crippen LogP contribution in [0.3, 0.4) is 0 Å². The Balaban J connectivity index is 1.80. The van der Waals surface area contributed by atoms with Gasteiger partial charge in [0, 0.05) is 11.4 Å². The molecular weight excluding hydrogens is 298 g/mol. The van der Waals surface area contributed by atoms with E-state index in [4.69, 9.17) is 9.47 Å². The average molecular weight is 319 g/mol. The van der Waals surface area contributed by atoms with Crippen LogP contribution in [-0.4, -0.2) is 28.8 Å². The summed E-state index contributed by atoms with van der Waals surface area (Å²) < 4.78 is 11.7. The smallest absolute Gasteiger partial charge is 0.163 e. The number of rotatable bonds is 5. The summed E-state index contributed by atoms with van der Waals surface area (Å²) in [5, 5.41) is 14.0. The van der Waals surface area contributed by atoms with Gasteiger partial charge in [-0.1, -0.05) is 36.4 Å². The summed E-state index contributed by atoms with van der Waals surface area (Å²) in [4.78, 5) is 1.07. The summed E-state index contributed by atoms with van der Waals surface area (Å²) in [6.45, 7) is 4.72. The first kappa shape index (κ1) is 15.6. The number of ether oxygens (including phenoxy) is 2. The first-order valence-electron chi connectivity index (χ1n) is 7.40. The molecular formula is C17H21NO3S. The van der Waals surface area contributed by atoms with Gasteiger partial charge >= 0.3 is 0 Å². The maximum Gasteiger partial charge on any atom is 0.163 e. The fourth-order valence-electron chi connectivity index (χ4n) is 2.72. The molecule has 2 atom stereocenters. The Bertz CT molecular complexity index is 585. The van der Waals surface area contributed by atoms with Crippen molar-refractivity contribution in [2.24, 2.45) is 0 Å². The van der Waals surface area contributed by atoms with Gasteiger partial charge < -0.3 is 14.7 Å². The molecule has 0 amide bonds. The quantitative estimate of drug-likeness (QED) is 0.851. The minimum atomic E-state index is -0.603. The van der Waals surface area contributed by atoms with E-state index < -0.39 is 5.79 Å². The van der Waals surface area contributed by atoms with E-state index in [1.165, 1.54) is 5.06 Å². The Morgan fingerprint density at radius 2 is 2.05 bits per heavy atom. The Labute approximate surface area is 134 Å². The van der Waals surface area contributed by atoms with E-state index in [0.717, 1.165) is 10.4 Å². The van der Waals surface area contributed by atoms with Crippen LogP contribution in [0, 0.1) is 0 Å². The van der Waals surface area contributed by atoms with Crippen molar-refractivity contribution in [2.45, 2.75) is 38.3 Å². The zero-order valence-corrected chi connectivity index (χ0v) is 13.6. The van der Waals surface area contributed by atoms with Crippen molar-refractivity contribution in [3.8, 4) is 0 Å². The highest BCUT2D eigenvalue weighted by Gasteiger charge is 2.40. The largest absolute Gasteiger partial charge is 0.348 e. The molecule has 1 fully saturated rings. The fourth-order valence-corrected chi connectivity index (χ4v) is 3.61. The van der Waals surface area contributed by atoms with E-state index in [2.05, 4.69) is 0 Å². The second kappa shape index (κ2) is 6.48. The summed E-state index contributed by atoms with van der Waals surface area (Å²) in [7, 11) is 0. The monoisotopic (exact) mass is 319 g/mol. The van der Waals surface area contributed by atoms with E-state index >= 15 is 0 Å². The lowest BCUT2D eigenvalue weighted by atomic mass is 10.1. The van der Waals surface area contributed by atoms with Gasteiger partial charge in [-0.3, -0.25) is 0 Å².